The van der Waals surface area contributed by atoms with Crippen LogP contribution in [0.1, 0.15) is 45.7 Å². The molecule has 1 aromatic heterocycles. The van der Waals surface area contributed by atoms with E-state index in [1.807, 2.05) is 0 Å². The number of hydrogen-bond donors (Lipinski definition) is 0. The molecule has 0 radical (unpaired) electrons. The highest BCUT2D eigenvalue weighted by Crippen LogP contribution is 2.28. The lowest BCUT2D eigenvalue weighted by Crippen LogP contribution is -2.08. The smallest absolute Gasteiger partial charge is 0.387 e. The van der Waals surface area contributed by atoms with Gasteiger partial charge in [0.2, 0.25) is 0 Å². The summed E-state index contributed by atoms with van der Waals surface area (Å²) < 4.78 is 87.2. The Morgan fingerprint density at radius 1 is 1.00 bits per heavy atom. The van der Waals surface area contributed by atoms with Gasteiger partial charge in [0.25, 0.3) is 12.9 Å². The van der Waals surface area contributed by atoms with Gasteiger partial charge < -0.3 is 9.47 Å². The fourth-order valence-corrected chi connectivity index (χ4v) is 3.12. The van der Waals surface area contributed by atoms with E-state index in [1.54, 1.807) is 12.1 Å². The van der Waals surface area contributed by atoms with Gasteiger partial charge >= 0.3 is 6.61 Å². The minimum Gasteiger partial charge on any atom is -0.496 e. The van der Waals surface area contributed by atoms with Crippen molar-refractivity contribution in [2.45, 2.75) is 26.0 Å². The van der Waals surface area contributed by atoms with Crippen LogP contribution in [0.4, 0.5) is 26.3 Å². The average molecular weight is 484 g/mol. The minimum absolute atomic E-state index is 0.0906. The molecule has 0 amide bonds. The second kappa shape index (κ2) is 10.9. The Morgan fingerprint density at radius 2 is 1.71 bits per heavy atom. The van der Waals surface area contributed by atoms with Crippen molar-refractivity contribution < 1.29 is 40.6 Å². The summed E-state index contributed by atoms with van der Waals surface area (Å²) in [6.07, 6.45) is -3.32. The standard InChI is InChI=1S/C23H18F6N2O3/c1-33-20-9-3-13(2-8-19(32)14-4-6-16(7-5-14)34-23(28)29)10-15(20)12-31-18(22(26)27)11-17(30-31)21(24)25/h2-11,21-23H,12H2,1H3/b8-2+. The number of carbonyl (C=O) groups excluding carboxylic acids is 1. The van der Waals surface area contributed by atoms with Crippen LogP contribution in [0.3, 0.4) is 0 Å². The molecule has 0 aliphatic carbocycles. The van der Waals surface area contributed by atoms with Gasteiger partial charge in [0.1, 0.15) is 22.9 Å². The van der Waals surface area contributed by atoms with Gasteiger partial charge in [-0.15, -0.1) is 0 Å². The predicted octanol–water partition coefficient (Wildman–Crippen LogP) is 6.31. The first-order valence-electron chi connectivity index (χ1n) is 9.76. The van der Waals surface area contributed by atoms with E-state index in [2.05, 4.69) is 9.84 Å². The summed E-state index contributed by atoms with van der Waals surface area (Å²) in [6, 6.07) is 10.5. The molecular weight excluding hydrogens is 466 g/mol. The first-order valence-corrected chi connectivity index (χ1v) is 9.76. The fraction of sp³-hybridized carbons (Fsp3) is 0.217. The van der Waals surface area contributed by atoms with Gasteiger partial charge in [0, 0.05) is 11.1 Å². The topological polar surface area (TPSA) is 53.4 Å². The van der Waals surface area contributed by atoms with E-state index in [4.69, 9.17) is 4.74 Å². The van der Waals surface area contributed by atoms with E-state index < -0.39 is 36.6 Å². The molecule has 11 heteroatoms. The molecule has 5 nitrogen and oxygen atoms in total. The number of benzene rings is 2. The molecule has 34 heavy (non-hydrogen) atoms. The van der Waals surface area contributed by atoms with E-state index in [0.717, 1.165) is 4.68 Å². The first-order chi connectivity index (χ1) is 16.2. The molecular formula is C23H18F6N2O3. The van der Waals surface area contributed by atoms with Crippen LogP contribution in [-0.4, -0.2) is 29.3 Å². The van der Waals surface area contributed by atoms with Crippen LogP contribution in [0.15, 0.2) is 54.6 Å². The Hall–Kier alpha value is -3.76. The number of hydrogen-bond acceptors (Lipinski definition) is 4. The lowest BCUT2D eigenvalue weighted by Gasteiger charge is -2.12. The zero-order chi connectivity index (χ0) is 24.8. The molecule has 1 heterocycles. The van der Waals surface area contributed by atoms with Crippen molar-refractivity contribution in [1.82, 2.24) is 9.78 Å². The molecule has 0 spiro atoms. The summed E-state index contributed by atoms with van der Waals surface area (Å²) >= 11 is 0. The monoisotopic (exact) mass is 484 g/mol. The molecule has 2 aromatic carbocycles. The van der Waals surface area contributed by atoms with Crippen molar-refractivity contribution in [3.05, 3.63) is 82.7 Å². The second-order valence-corrected chi connectivity index (χ2v) is 6.92. The van der Waals surface area contributed by atoms with Crippen LogP contribution in [0.5, 0.6) is 11.5 Å². The highest BCUT2D eigenvalue weighted by molar-refractivity contribution is 6.06. The number of allylic oxidation sites excluding steroid dienone is 1. The number of alkyl halides is 6. The van der Waals surface area contributed by atoms with Crippen molar-refractivity contribution in [3.8, 4) is 11.5 Å². The van der Waals surface area contributed by atoms with Gasteiger partial charge in [-0.05, 0) is 54.1 Å². The van der Waals surface area contributed by atoms with Crippen LogP contribution >= 0.6 is 0 Å². The zero-order valence-corrected chi connectivity index (χ0v) is 17.6. The Bertz CT molecular complexity index is 1160. The molecule has 3 rings (SSSR count). The lowest BCUT2D eigenvalue weighted by molar-refractivity contribution is -0.0498. The van der Waals surface area contributed by atoms with E-state index in [9.17, 15) is 31.1 Å². The Labute approximate surface area is 190 Å². The molecule has 0 fully saturated rings. The third kappa shape index (κ3) is 6.18. The van der Waals surface area contributed by atoms with Gasteiger partial charge in [0.15, 0.2) is 5.78 Å². The zero-order valence-electron chi connectivity index (χ0n) is 17.6. The highest BCUT2D eigenvalue weighted by atomic mass is 19.3. The molecule has 0 aliphatic heterocycles. The summed E-state index contributed by atoms with van der Waals surface area (Å²) in [6.45, 7) is -3.25. The molecule has 0 N–H and O–H groups in total. The maximum Gasteiger partial charge on any atom is 0.387 e. The molecule has 0 saturated heterocycles. The van der Waals surface area contributed by atoms with Gasteiger partial charge in [0.05, 0.1) is 13.7 Å². The second-order valence-electron chi connectivity index (χ2n) is 6.92. The predicted molar refractivity (Wildman–Crippen MR) is 111 cm³/mol. The van der Waals surface area contributed by atoms with Crippen LogP contribution < -0.4 is 9.47 Å². The number of ketones is 1. The van der Waals surface area contributed by atoms with Gasteiger partial charge in [-0.25, -0.2) is 17.6 Å². The number of methoxy groups -OCH3 is 1. The first kappa shape index (κ1) is 24.9. The number of halogens is 6. The minimum atomic E-state index is -3.01. The summed E-state index contributed by atoms with van der Waals surface area (Å²) in [5.41, 5.74) is -0.323. The lowest BCUT2D eigenvalue weighted by atomic mass is 10.1. The summed E-state index contributed by atoms with van der Waals surface area (Å²) in [7, 11) is 1.36. The van der Waals surface area contributed by atoms with Gasteiger partial charge in [-0.3, -0.25) is 9.48 Å². The highest BCUT2D eigenvalue weighted by Gasteiger charge is 2.22. The SMILES string of the molecule is COc1ccc(/C=C/C(=O)c2ccc(OC(F)F)cc2)cc1Cn1nc(C(F)F)cc1C(F)F. The largest absolute Gasteiger partial charge is 0.496 e. The Morgan fingerprint density at radius 3 is 2.29 bits per heavy atom. The maximum atomic E-state index is 13.3. The van der Waals surface area contributed by atoms with Gasteiger partial charge in [-0.2, -0.15) is 13.9 Å². The summed E-state index contributed by atoms with van der Waals surface area (Å²) in [5, 5.41) is 3.57. The third-order valence-electron chi connectivity index (χ3n) is 4.69. The number of rotatable bonds is 10. The molecule has 3 aromatic rings. The molecule has 0 unspecified atom stereocenters. The average Bonchev–Trinajstić information content (AvgIpc) is 3.22. The molecule has 0 saturated carbocycles. The maximum absolute atomic E-state index is 13.3. The van der Waals surface area contributed by atoms with Crippen LogP contribution in [0.25, 0.3) is 6.08 Å². The van der Waals surface area contributed by atoms with E-state index >= 15 is 0 Å². The fourth-order valence-electron chi connectivity index (χ4n) is 3.12. The molecule has 0 bridgehead atoms. The van der Waals surface area contributed by atoms with Crippen LogP contribution in [0.2, 0.25) is 0 Å². The summed E-state index contributed by atoms with van der Waals surface area (Å²) in [4.78, 5) is 12.4. The summed E-state index contributed by atoms with van der Waals surface area (Å²) in [5.74, 6) is -0.200. The normalized spacial score (nSPS) is 11.7. The van der Waals surface area contributed by atoms with Gasteiger partial charge in [-0.1, -0.05) is 12.1 Å². The van der Waals surface area contributed by atoms with Crippen molar-refractivity contribution in [2.24, 2.45) is 0 Å². The van der Waals surface area contributed by atoms with Crippen molar-refractivity contribution in [2.75, 3.05) is 7.11 Å². The molecule has 180 valence electrons. The van der Waals surface area contributed by atoms with E-state index in [-0.39, 0.29) is 17.9 Å². The quantitative estimate of drug-likeness (QED) is 0.192. The Kier molecular flexibility index (Phi) is 7.98. The molecule has 0 atom stereocenters. The van der Waals surface area contributed by atoms with Crippen LogP contribution in [0, 0.1) is 0 Å². The van der Waals surface area contributed by atoms with E-state index in [0.29, 0.717) is 22.9 Å². The van der Waals surface area contributed by atoms with Crippen molar-refractivity contribution in [3.63, 3.8) is 0 Å². The van der Waals surface area contributed by atoms with E-state index in [1.165, 1.54) is 49.6 Å². The number of nitrogens with zero attached hydrogens (tertiary/aromatic N) is 2. The van der Waals surface area contributed by atoms with Crippen LogP contribution in [-0.2, 0) is 6.54 Å². The van der Waals surface area contributed by atoms with Crippen molar-refractivity contribution in [1.29, 1.82) is 0 Å². The third-order valence-corrected chi connectivity index (χ3v) is 4.69. The number of carbonyl (C=O) groups is 1. The number of aromatic nitrogens is 2. The molecule has 0 aliphatic rings. The van der Waals surface area contributed by atoms with Crippen molar-refractivity contribution >= 4 is 11.9 Å². The number of ether oxygens (including phenoxy) is 2. The Balaban J connectivity index is 1.81.